The molecular weight excluding hydrogens is 318 g/mol. The van der Waals surface area contributed by atoms with E-state index in [0.717, 1.165) is 6.07 Å². The molecule has 2 rings (SSSR count). The summed E-state index contributed by atoms with van der Waals surface area (Å²) in [7, 11) is 0. The number of amides is 1. The number of rotatable bonds is 2. The van der Waals surface area contributed by atoms with Crippen molar-refractivity contribution in [2.75, 3.05) is 11.1 Å². The van der Waals surface area contributed by atoms with Crippen LogP contribution in [0.15, 0.2) is 40.9 Å². The Kier molecular flexibility index (Phi) is 3.80. The molecule has 0 bridgehead atoms. The third-order valence-electron chi connectivity index (χ3n) is 2.44. The molecule has 6 heteroatoms. The average Bonchev–Trinajstić information content (AvgIpc) is 2.36. The van der Waals surface area contributed by atoms with Gasteiger partial charge in [-0.1, -0.05) is 0 Å². The zero-order valence-corrected chi connectivity index (χ0v) is 11.2. The molecule has 0 fully saturated rings. The summed E-state index contributed by atoms with van der Waals surface area (Å²) in [6, 6.07) is 7.52. The number of carbonyl (C=O) groups is 1. The maximum atomic E-state index is 13.1. The highest BCUT2D eigenvalue weighted by atomic mass is 79.9. The number of halogens is 3. The van der Waals surface area contributed by atoms with Crippen molar-refractivity contribution in [3.63, 3.8) is 0 Å². The van der Waals surface area contributed by atoms with Crippen LogP contribution in [0.1, 0.15) is 10.4 Å². The van der Waals surface area contributed by atoms with Gasteiger partial charge in [0.25, 0.3) is 5.91 Å². The van der Waals surface area contributed by atoms with E-state index in [-0.39, 0.29) is 15.7 Å². The van der Waals surface area contributed by atoms with Crippen molar-refractivity contribution >= 4 is 33.2 Å². The summed E-state index contributed by atoms with van der Waals surface area (Å²) in [5, 5.41) is 2.53. The predicted octanol–water partition coefficient (Wildman–Crippen LogP) is 3.56. The van der Waals surface area contributed by atoms with Crippen molar-refractivity contribution in [2.45, 2.75) is 0 Å². The van der Waals surface area contributed by atoms with Crippen LogP contribution in [0.5, 0.6) is 0 Å². The summed E-state index contributed by atoms with van der Waals surface area (Å²) >= 11 is 2.99. The molecule has 3 N–H and O–H groups in total. The number of hydrogen-bond donors (Lipinski definition) is 2. The van der Waals surface area contributed by atoms with Gasteiger partial charge < -0.3 is 11.1 Å². The molecule has 0 unspecified atom stereocenters. The molecule has 1 amide bonds. The lowest BCUT2D eigenvalue weighted by molar-refractivity contribution is 0.102. The quantitative estimate of drug-likeness (QED) is 0.829. The standard InChI is InChI=1S/C13H9BrF2N2O/c14-9-5-7(1-3-10(9)16)13(19)18-12-4-2-8(15)6-11(12)17/h1-6H,17H2,(H,18,19). The van der Waals surface area contributed by atoms with E-state index in [4.69, 9.17) is 5.73 Å². The molecule has 0 atom stereocenters. The minimum Gasteiger partial charge on any atom is -0.397 e. The summed E-state index contributed by atoms with van der Waals surface area (Å²) in [4.78, 5) is 11.9. The third-order valence-corrected chi connectivity index (χ3v) is 3.05. The van der Waals surface area contributed by atoms with Gasteiger partial charge in [0.05, 0.1) is 15.8 Å². The van der Waals surface area contributed by atoms with Crippen LogP contribution >= 0.6 is 15.9 Å². The second-order valence-corrected chi connectivity index (χ2v) is 4.67. The monoisotopic (exact) mass is 326 g/mol. The molecule has 0 heterocycles. The van der Waals surface area contributed by atoms with Gasteiger partial charge in [-0.05, 0) is 52.3 Å². The van der Waals surface area contributed by atoms with E-state index in [2.05, 4.69) is 21.2 Å². The molecule has 0 radical (unpaired) electrons. The normalized spacial score (nSPS) is 10.3. The first-order chi connectivity index (χ1) is 8.97. The van der Waals surface area contributed by atoms with Crippen molar-refractivity contribution < 1.29 is 13.6 Å². The Labute approximate surface area is 116 Å². The Morgan fingerprint density at radius 3 is 2.53 bits per heavy atom. The van der Waals surface area contributed by atoms with Crippen LogP contribution in [-0.4, -0.2) is 5.91 Å². The molecule has 0 spiro atoms. The Balaban J connectivity index is 2.23. The minimum absolute atomic E-state index is 0.120. The van der Waals surface area contributed by atoms with Crippen LogP contribution in [0.25, 0.3) is 0 Å². The second-order valence-electron chi connectivity index (χ2n) is 3.81. The highest BCUT2D eigenvalue weighted by Crippen LogP contribution is 2.21. The molecule has 19 heavy (non-hydrogen) atoms. The molecule has 2 aromatic rings. The fourth-order valence-corrected chi connectivity index (χ4v) is 1.86. The highest BCUT2D eigenvalue weighted by molar-refractivity contribution is 9.10. The van der Waals surface area contributed by atoms with Crippen molar-refractivity contribution in [1.82, 2.24) is 0 Å². The lowest BCUT2D eigenvalue weighted by Gasteiger charge is -2.08. The smallest absolute Gasteiger partial charge is 0.255 e. The average molecular weight is 327 g/mol. The summed E-state index contributed by atoms with van der Waals surface area (Å²) in [6.45, 7) is 0. The first-order valence-corrected chi connectivity index (χ1v) is 6.08. The highest BCUT2D eigenvalue weighted by Gasteiger charge is 2.10. The van der Waals surface area contributed by atoms with E-state index in [1.165, 1.54) is 30.3 Å². The Hall–Kier alpha value is -1.95. The van der Waals surface area contributed by atoms with Gasteiger partial charge in [0, 0.05) is 5.56 Å². The SMILES string of the molecule is Nc1cc(F)ccc1NC(=O)c1ccc(F)c(Br)c1. The van der Waals surface area contributed by atoms with Crippen LogP contribution < -0.4 is 11.1 Å². The molecule has 0 aliphatic carbocycles. The van der Waals surface area contributed by atoms with E-state index in [9.17, 15) is 13.6 Å². The zero-order valence-electron chi connectivity index (χ0n) is 9.58. The molecule has 2 aromatic carbocycles. The molecule has 0 saturated carbocycles. The topological polar surface area (TPSA) is 55.1 Å². The second kappa shape index (κ2) is 5.36. The fraction of sp³-hybridized carbons (Fsp3) is 0. The molecule has 3 nitrogen and oxygen atoms in total. The summed E-state index contributed by atoms with van der Waals surface area (Å²) in [5.41, 5.74) is 6.26. The first-order valence-electron chi connectivity index (χ1n) is 5.29. The number of carbonyl (C=O) groups excluding carboxylic acids is 1. The maximum Gasteiger partial charge on any atom is 0.255 e. The summed E-state index contributed by atoms with van der Waals surface area (Å²) in [5.74, 6) is -1.41. The predicted molar refractivity (Wildman–Crippen MR) is 72.9 cm³/mol. The molecule has 0 saturated heterocycles. The molecule has 98 valence electrons. The number of anilines is 2. The van der Waals surface area contributed by atoms with Gasteiger partial charge in [0.2, 0.25) is 0 Å². The van der Waals surface area contributed by atoms with Gasteiger partial charge >= 0.3 is 0 Å². The van der Waals surface area contributed by atoms with E-state index in [0.29, 0.717) is 5.69 Å². The number of hydrogen-bond acceptors (Lipinski definition) is 2. The Morgan fingerprint density at radius 1 is 1.16 bits per heavy atom. The van der Waals surface area contributed by atoms with Crippen LogP contribution in [-0.2, 0) is 0 Å². The number of nitrogen functional groups attached to an aromatic ring is 1. The lowest BCUT2D eigenvalue weighted by Crippen LogP contribution is -2.13. The number of nitrogens with one attached hydrogen (secondary N) is 1. The van der Waals surface area contributed by atoms with E-state index in [1.807, 2.05) is 0 Å². The largest absolute Gasteiger partial charge is 0.397 e. The van der Waals surface area contributed by atoms with E-state index in [1.54, 1.807) is 0 Å². The maximum absolute atomic E-state index is 13.1. The van der Waals surface area contributed by atoms with Crippen molar-refractivity contribution in [3.8, 4) is 0 Å². The van der Waals surface area contributed by atoms with Crippen molar-refractivity contribution in [1.29, 1.82) is 0 Å². The number of benzene rings is 2. The van der Waals surface area contributed by atoms with Crippen LogP contribution in [0.3, 0.4) is 0 Å². The number of nitrogens with two attached hydrogens (primary N) is 1. The van der Waals surface area contributed by atoms with Gasteiger partial charge in [-0.2, -0.15) is 0 Å². The molecule has 0 aliphatic rings. The molecular formula is C13H9BrF2N2O. The molecule has 0 aromatic heterocycles. The third kappa shape index (κ3) is 3.08. The van der Waals surface area contributed by atoms with Gasteiger partial charge in [-0.25, -0.2) is 8.78 Å². The van der Waals surface area contributed by atoms with Gasteiger partial charge in [0.15, 0.2) is 0 Å². The zero-order chi connectivity index (χ0) is 14.0. The Bertz CT molecular complexity index is 647. The van der Waals surface area contributed by atoms with E-state index >= 15 is 0 Å². The summed E-state index contributed by atoms with van der Waals surface area (Å²) < 4.78 is 26.1. The van der Waals surface area contributed by atoms with Crippen LogP contribution in [0.2, 0.25) is 0 Å². The van der Waals surface area contributed by atoms with Crippen LogP contribution in [0, 0.1) is 11.6 Å². The lowest BCUT2D eigenvalue weighted by atomic mass is 10.2. The van der Waals surface area contributed by atoms with Gasteiger partial charge in [-0.3, -0.25) is 4.79 Å². The van der Waals surface area contributed by atoms with Crippen molar-refractivity contribution in [2.24, 2.45) is 0 Å². The van der Waals surface area contributed by atoms with E-state index < -0.39 is 17.5 Å². The van der Waals surface area contributed by atoms with Gasteiger partial charge in [0.1, 0.15) is 11.6 Å². The fourth-order valence-electron chi connectivity index (χ4n) is 1.48. The molecule has 0 aliphatic heterocycles. The minimum atomic E-state index is -0.486. The van der Waals surface area contributed by atoms with Gasteiger partial charge in [-0.15, -0.1) is 0 Å². The Morgan fingerprint density at radius 2 is 1.89 bits per heavy atom. The summed E-state index contributed by atoms with van der Waals surface area (Å²) in [6.07, 6.45) is 0. The van der Waals surface area contributed by atoms with Crippen molar-refractivity contribution in [3.05, 3.63) is 58.1 Å². The first kappa shape index (κ1) is 13.5. The van der Waals surface area contributed by atoms with Crippen LogP contribution in [0.4, 0.5) is 20.2 Å².